The lowest BCUT2D eigenvalue weighted by Crippen LogP contribution is -2.48. The minimum atomic E-state index is -0.110. The van der Waals surface area contributed by atoms with Gasteiger partial charge in [0.05, 0.1) is 44.8 Å². The van der Waals surface area contributed by atoms with Gasteiger partial charge in [-0.1, -0.05) is 116 Å². The van der Waals surface area contributed by atoms with E-state index in [-0.39, 0.29) is 11.8 Å². The van der Waals surface area contributed by atoms with Crippen molar-refractivity contribution < 1.29 is 9.59 Å². The van der Waals surface area contributed by atoms with Crippen LogP contribution < -0.4 is 10.6 Å². The summed E-state index contributed by atoms with van der Waals surface area (Å²) >= 11 is 0. The monoisotopic (exact) mass is 913 g/mol. The lowest BCUT2D eigenvalue weighted by molar-refractivity contribution is 0.0930. The number of carbonyl (C=O) groups excluding carboxylic acids is 2. The van der Waals surface area contributed by atoms with Crippen LogP contribution in [0.1, 0.15) is 53.8 Å². The van der Waals surface area contributed by atoms with Gasteiger partial charge in [-0.3, -0.25) is 19.4 Å². The first-order valence-corrected chi connectivity index (χ1v) is 24.6. The number of fused-ring (bicyclic) bond motifs is 2. The molecule has 6 aromatic carbocycles. The number of amides is 2. The van der Waals surface area contributed by atoms with Gasteiger partial charge in [-0.15, -0.1) is 0 Å². The van der Waals surface area contributed by atoms with Gasteiger partial charge in [0.1, 0.15) is 0 Å². The minimum Gasteiger partial charge on any atom is -0.351 e. The Morgan fingerprint density at radius 3 is 1.52 bits per heavy atom. The number of nitrogens with one attached hydrogen (secondary N) is 2. The van der Waals surface area contributed by atoms with Crippen LogP contribution in [-0.4, -0.2) is 118 Å². The van der Waals surface area contributed by atoms with Gasteiger partial charge in [0.15, 0.2) is 0 Å². The lowest BCUT2D eigenvalue weighted by Gasteiger charge is -2.33. The zero-order valence-electron chi connectivity index (χ0n) is 39.6. The molecule has 8 aromatic rings. The molecule has 11 heteroatoms. The Morgan fingerprint density at radius 2 is 0.957 bits per heavy atom. The van der Waals surface area contributed by atoms with Gasteiger partial charge in [-0.2, -0.15) is 0 Å². The van der Waals surface area contributed by atoms with Crippen LogP contribution in [0.5, 0.6) is 0 Å². The van der Waals surface area contributed by atoms with Gasteiger partial charge in [-0.25, -0.2) is 19.9 Å². The fraction of sp³-hybridized carbons (Fsp3) is 0.276. The maximum absolute atomic E-state index is 13.4. The van der Waals surface area contributed by atoms with Gasteiger partial charge in [0.25, 0.3) is 11.8 Å². The van der Waals surface area contributed by atoms with E-state index in [4.69, 9.17) is 19.9 Å². The van der Waals surface area contributed by atoms with Crippen molar-refractivity contribution in [3.05, 3.63) is 157 Å². The van der Waals surface area contributed by atoms with Crippen LogP contribution in [0.25, 0.3) is 78.2 Å². The van der Waals surface area contributed by atoms with Crippen LogP contribution in [-0.2, 0) is 0 Å². The van der Waals surface area contributed by atoms with Crippen molar-refractivity contribution >= 4 is 33.9 Å². The average molecular weight is 914 g/mol. The first-order chi connectivity index (χ1) is 33.9. The molecule has 2 aliphatic rings. The summed E-state index contributed by atoms with van der Waals surface area (Å²) in [7, 11) is 0. The van der Waals surface area contributed by atoms with Crippen molar-refractivity contribution in [2.75, 3.05) is 65.4 Å². The van der Waals surface area contributed by atoms with Crippen molar-refractivity contribution in [3.8, 4) is 56.2 Å². The Labute approximate surface area is 404 Å². The molecule has 2 saturated heterocycles. The SMILES string of the molecule is CCN1CCN(CCNC(=O)c2ccc3nc(-c4cccc(-c5ccc(-c6nc7cc(C(=O)NCCN8CCCCC8C)ccc7nc6-c6ccccc6)cc5)c4)c(-c4ccccc4)nc3c2)CC1. The molecular formula is C58H59N9O2. The summed E-state index contributed by atoms with van der Waals surface area (Å²) in [5.41, 5.74) is 12.7. The number of piperidine rings is 1. The molecule has 2 aromatic heterocycles. The van der Waals surface area contributed by atoms with Crippen LogP contribution in [0.4, 0.5) is 0 Å². The van der Waals surface area contributed by atoms with E-state index in [1.807, 2.05) is 84.9 Å². The molecule has 0 radical (unpaired) electrons. The van der Waals surface area contributed by atoms with Crippen molar-refractivity contribution in [1.82, 2.24) is 45.3 Å². The van der Waals surface area contributed by atoms with E-state index in [1.54, 1.807) is 0 Å². The largest absolute Gasteiger partial charge is 0.351 e. The lowest BCUT2D eigenvalue weighted by atomic mass is 9.97. The summed E-state index contributed by atoms with van der Waals surface area (Å²) in [6, 6.07) is 48.8. The number of hydrogen-bond donors (Lipinski definition) is 2. The van der Waals surface area contributed by atoms with E-state index in [0.717, 1.165) is 114 Å². The smallest absolute Gasteiger partial charge is 0.251 e. The first kappa shape index (κ1) is 45.6. The molecule has 0 bridgehead atoms. The molecular weight excluding hydrogens is 855 g/mol. The first-order valence-electron chi connectivity index (χ1n) is 24.6. The Balaban J connectivity index is 0.909. The van der Waals surface area contributed by atoms with Crippen LogP contribution in [0.2, 0.25) is 0 Å². The topological polar surface area (TPSA) is 119 Å². The zero-order chi connectivity index (χ0) is 47.1. The Hall–Kier alpha value is -7.18. The molecule has 1 unspecified atom stereocenters. The summed E-state index contributed by atoms with van der Waals surface area (Å²) in [6.07, 6.45) is 3.70. The standard InChI is InChI=1S/C58H59N9O2/c1-3-65-33-35-66(36-34-65)31-28-59-57(68)47-25-27-50-52(38-47)63-54(43-16-8-5-9-17-43)56(62-50)46-19-12-18-45(37-46)41-20-22-44(23-21-41)55-53(42-14-6-4-7-15-42)61-49-26-24-48(39-51(49)64-55)58(69)60-29-32-67-30-11-10-13-40(67)2/h4-9,12,14-27,37-40H,3,10-11,13,28-36H2,1-2H3,(H,59,68)(H,60,69). The second-order valence-electron chi connectivity index (χ2n) is 18.3. The predicted octanol–water partition coefficient (Wildman–Crippen LogP) is 9.88. The number of piperazine rings is 1. The number of nitrogens with zero attached hydrogens (tertiary/aromatic N) is 7. The second-order valence-corrected chi connectivity index (χ2v) is 18.3. The highest BCUT2D eigenvalue weighted by atomic mass is 16.2. The van der Waals surface area contributed by atoms with E-state index in [2.05, 4.69) is 99.8 Å². The second kappa shape index (κ2) is 21.0. The molecule has 0 spiro atoms. The van der Waals surface area contributed by atoms with Crippen LogP contribution in [0.15, 0.2) is 146 Å². The highest BCUT2D eigenvalue weighted by Gasteiger charge is 2.21. The average Bonchev–Trinajstić information content (AvgIpc) is 3.41. The number of benzene rings is 6. The molecule has 4 heterocycles. The number of likely N-dealkylation sites (N-methyl/N-ethyl adjacent to an activating group) is 1. The van der Waals surface area contributed by atoms with Crippen molar-refractivity contribution in [3.63, 3.8) is 0 Å². The highest BCUT2D eigenvalue weighted by molar-refractivity contribution is 5.99. The minimum absolute atomic E-state index is 0.106. The molecule has 1 atom stereocenters. The third-order valence-electron chi connectivity index (χ3n) is 13.8. The summed E-state index contributed by atoms with van der Waals surface area (Å²) in [6.45, 7) is 13.7. The molecule has 69 heavy (non-hydrogen) atoms. The number of likely N-dealkylation sites (tertiary alicyclic amines) is 1. The van der Waals surface area contributed by atoms with E-state index >= 15 is 0 Å². The zero-order valence-corrected chi connectivity index (χ0v) is 39.6. The summed E-state index contributed by atoms with van der Waals surface area (Å²) < 4.78 is 0. The third-order valence-corrected chi connectivity index (χ3v) is 13.8. The van der Waals surface area contributed by atoms with E-state index in [9.17, 15) is 9.59 Å². The number of aromatic nitrogens is 4. The van der Waals surface area contributed by atoms with Crippen LogP contribution in [0, 0.1) is 0 Å². The van der Waals surface area contributed by atoms with Crippen LogP contribution >= 0.6 is 0 Å². The number of carbonyl (C=O) groups is 2. The van der Waals surface area contributed by atoms with Gasteiger partial charge in [0, 0.05) is 91.8 Å². The Morgan fingerprint density at radius 1 is 0.478 bits per heavy atom. The molecule has 2 fully saturated rings. The molecule has 2 aliphatic heterocycles. The maximum Gasteiger partial charge on any atom is 0.251 e. The van der Waals surface area contributed by atoms with Gasteiger partial charge < -0.3 is 15.5 Å². The maximum atomic E-state index is 13.4. The molecule has 10 rings (SSSR count). The summed E-state index contributed by atoms with van der Waals surface area (Å²) in [5.74, 6) is -0.216. The van der Waals surface area contributed by atoms with Crippen molar-refractivity contribution in [1.29, 1.82) is 0 Å². The Bertz CT molecular complexity index is 3080. The number of hydrogen-bond acceptors (Lipinski definition) is 9. The fourth-order valence-electron chi connectivity index (χ4n) is 9.72. The van der Waals surface area contributed by atoms with E-state index < -0.39 is 0 Å². The molecule has 0 saturated carbocycles. The van der Waals surface area contributed by atoms with Crippen molar-refractivity contribution in [2.45, 2.75) is 39.2 Å². The Kier molecular flexibility index (Phi) is 13.9. The van der Waals surface area contributed by atoms with E-state index in [0.29, 0.717) is 46.8 Å². The normalized spacial score (nSPS) is 15.9. The molecule has 348 valence electrons. The molecule has 2 N–H and O–H groups in total. The van der Waals surface area contributed by atoms with E-state index in [1.165, 1.54) is 19.3 Å². The van der Waals surface area contributed by atoms with Gasteiger partial charge >= 0.3 is 0 Å². The predicted molar refractivity (Wildman–Crippen MR) is 278 cm³/mol. The molecule has 2 amide bonds. The highest BCUT2D eigenvalue weighted by Crippen LogP contribution is 2.36. The molecule has 0 aliphatic carbocycles. The fourth-order valence-corrected chi connectivity index (χ4v) is 9.72. The quantitative estimate of drug-likeness (QED) is 0.110. The van der Waals surface area contributed by atoms with Gasteiger partial charge in [-0.05, 0) is 86.4 Å². The van der Waals surface area contributed by atoms with Gasteiger partial charge in [0.2, 0.25) is 0 Å². The summed E-state index contributed by atoms with van der Waals surface area (Å²) in [4.78, 5) is 54.9. The van der Waals surface area contributed by atoms with Crippen LogP contribution in [0.3, 0.4) is 0 Å². The third kappa shape index (κ3) is 10.5. The number of rotatable bonds is 14. The summed E-state index contributed by atoms with van der Waals surface area (Å²) in [5, 5.41) is 6.27. The van der Waals surface area contributed by atoms with Crippen molar-refractivity contribution in [2.24, 2.45) is 0 Å². The molecule has 11 nitrogen and oxygen atoms in total.